The standard InChI is InChI=1S/C23H17ClN6O2/c24-14-4-3-5-15(12-14)27-23-25-10-8-18(29-23)19-13-26-20(28-19)9-11-30-21(31)16-6-1-2-7-17(16)22(30)32/h1-8,10,12-13H,9,11H2,(H,26,28)(H,25,27,29). The molecule has 2 aromatic heterocycles. The van der Waals surface area contributed by atoms with Crippen LogP contribution < -0.4 is 5.32 Å². The van der Waals surface area contributed by atoms with Gasteiger partial charge in [-0.3, -0.25) is 14.5 Å². The van der Waals surface area contributed by atoms with Crippen molar-refractivity contribution in [2.24, 2.45) is 0 Å². The summed E-state index contributed by atoms with van der Waals surface area (Å²) in [5.41, 5.74) is 3.03. The first-order valence-corrected chi connectivity index (χ1v) is 10.3. The highest BCUT2D eigenvalue weighted by molar-refractivity contribution is 6.30. The Hall–Kier alpha value is -4.04. The van der Waals surface area contributed by atoms with Crippen molar-refractivity contribution in [3.05, 3.63) is 89.0 Å². The maximum Gasteiger partial charge on any atom is 0.261 e. The van der Waals surface area contributed by atoms with E-state index in [-0.39, 0.29) is 18.4 Å². The molecule has 0 saturated carbocycles. The second-order valence-corrected chi connectivity index (χ2v) is 7.64. The minimum Gasteiger partial charge on any atom is -0.341 e. The van der Waals surface area contributed by atoms with Gasteiger partial charge in [0, 0.05) is 29.9 Å². The largest absolute Gasteiger partial charge is 0.341 e. The van der Waals surface area contributed by atoms with Gasteiger partial charge in [-0.25, -0.2) is 15.0 Å². The highest BCUT2D eigenvalue weighted by Gasteiger charge is 2.34. The van der Waals surface area contributed by atoms with Gasteiger partial charge in [-0.1, -0.05) is 29.8 Å². The lowest BCUT2D eigenvalue weighted by Crippen LogP contribution is -2.31. The fourth-order valence-electron chi connectivity index (χ4n) is 3.54. The van der Waals surface area contributed by atoms with E-state index in [4.69, 9.17) is 11.6 Å². The number of fused-ring (bicyclic) bond motifs is 1. The zero-order chi connectivity index (χ0) is 22.1. The van der Waals surface area contributed by atoms with Crippen molar-refractivity contribution >= 4 is 35.1 Å². The van der Waals surface area contributed by atoms with Crippen LogP contribution in [0.1, 0.15) is 26.5 Å². The monoisotopic (exact) mass is 444 g/mol. The highest BCUT2D eigenvalue weighted by Crippen LogP contribution is 2.23. The molecule has 0 fully saturated rings. The predicted octanol–water partition coefficient (Wildman–Crippen LogP) is 4.10. The van der Waals surface area contributed by atoms with Crippen LogP contribution in [-0.4, -0.2) is 43.2 Å². The number of imide groups is 1. The molecule has 0 aliphatic carbocycles. The molecule has 2 N–H and O–H groups in total. The molecular weight excluding hydrogens is 428 g/mol. The number of rotatable bonds is 6. The van der Waals surface area contributed by atoms with Crippen LogP contribution in [0.5, 0.6) is 0 Å². The predicted molar refractivity (Wildman–Crippen MR) is 120 cm³/mol. The summed E-state index contributed by atoms with van der Waals surface area (Å²) in [6, 6.07) is 15.9. The van der Waals surface area contributed by atoms with Gasteiger partial charge in [0.05, 0.1) is 28.7 Å². The Morgan fingerprint density at radius 2 is 1.75 bits per heavy atom. The summed E-state index contributed by atoms with van der Waals surface area (Å²) in [6.07, 6.45) is 3.72. The summed E-state index contributed by atoms with van der Waals surface area (Å²) in [4.78, 5) is 42.6. The van der Waals surface area contributed by atoms with E-state index in [1.165, 1.54) is 4.90 Å². The number of benzene rings is 2. The third-order valence-corrected chi connectivity index (χ3v) is 5.33. The highest BCUT2D eigenvalue weighted by atomic mass is 35.5. The normalized spacial score (nSPS) is 12.8. The fourth-order valence-corrected chi connectivity index (χ4v) is 3.73. The molecule has 5 rings (SSSR count). The zero-order valence-electron chi connectivity index (χ0n) is 16.7. The Labute approximate surface area is 188 Å². The van der Waals surface area contributed by atoms with Crippen molar-refractivity contribution < 1.29 is 9.59 Å². The van der Waals surface area contributed by atoms with Crippen molar-refractivity contribution in [2.75, 3.05) is 11.9 Å². The molecule has 0 atom stereocenters. The molecule has 8 nitrogen and oxygen atoms in total. The second kappa shape index (κ2) is 8.24. The summed E-state index contributed by atoms with van der Waals surface area (Å²) < 4.78 is 0. The van der Waals surface area contributed by atoms with Crippen LogP contribution >= 0.6 is 11.6 Å². The number of imidazole rings is 1. The lowest BCUT2D eigenvalue weighted by atomic mass is 10.1. The van der Waals surface area contributed by atoms with Crippen molar-refractivity contribution in [1.82, 2.24) is 24.8 Å². The molecule has 9 heteroatoms. The van der Waals surface area contributed by atoms with Gasteiger partial charge in [-0.15, -0.1) is 0 Å². The molecule has 2 aromatic carbocycles. The number of nitrogens with one attached hydrogen (secondary N) is 2. The first kappa shape index (κ1) is 19.9. The Kier molecular flexibility index (Phi) is 5.12. The summed E-state index contributed by atoms with van der Waals surface area (Å²) in [6.45, 7) is 0.241. The van der Waals surface area contributed by atoms with Crippen LogP contribution in [0.4, 0.5) is 11.6 Å². The Morgan fingerprint density at radius 1 is 0.969 bits per heavy atom. The Balaban J connectivity index is 1.27. The minimum absolute atomic E-state index is 0.241. The summed E-state index contributed by atoms with van der Waals surface area (Å²) in [5, 5.41) is 3.73. The molecule has 0 radical (unpaired) electrons. The molecular formula is C23H17ClN6O2. The van der Waals surface area contributed by atoms with E-state index in [0.717, 1.165) is 5.69 Å². The van der Waals surface area contributed by atoms with Crippen LogP contribution in [0.25, 0.3) is 11.4 Å². The van der Waals surface area contributed by atoms with Crippen LogP contribution in [0.15, 0.2) is 67.0 Å². The van der Waals surface area contributed by atoms with Gasteiger partial charge in [0.2, 0.25) is 5.95 Å². The molecule has 0 unspecified atom stereocenters. The Bertz CT molecular complexity index is 1300. The molecule has 32 heavy (non-hydrogen) atoms. The number of halogens is 1. The number of amides is 2. The average molecular weight is 445 g/mol. The first-order valence-electron chi connectivity index (χ1n) is 9.93. The van der Waals surface area contributed by atoms with E-state index < -0.39 is 0 Å². The van der Waals surface area contributed by atoms with E-state index in [1.807, 2.05) is 12.1 Å². The van der Waals surface area contributed by atoms with Crippen molar-refractivity contribution in [1.29, 1.82) is 0 Å². The molecule has 4 aromatic rings. The number of carbonyl (C=O) groups excluding carboxylic acids is 2. The quantitative estimate of drug-likeness (QED) is 0.434. The lowest BCUT2D eigenvalue weighted by Gasteiger charge is -2.12. The van der Waals surface area contributed by atoms with E-state index in [9.17, 15) is 9.59 Å². The summed E-state index contributed by atoms with van der Waals surface area (Å²) >= 11 is 6.02. The summed E-state index contributed by atoms with van der Waals surface area (Å²) in [7, 11) is 0. The number of aromatic amines is 1. The molecule has 158 valence electrons. The zero-order valence-corrected chi connectivity index (χ0v) is 17.5. The molecule has 0 saturated heterocycles. The maximum absolute atomic E-state index is 12.5. The first-order chi connectivity index (χ1) is 15.6. The molecule has 2 amide bonds. The molecule has 3 heterocycles. The van der Waals surface area contributed by atoms with Crippen molar-refractivity contribution in [2.45, 2.75) is 6.42 Å². The van der Waals surface area contributed by atoms with Crippen LogP contribution in [0.3, 0.4) is 0 Å². The molecule has 1 aliphatic heterocycles. The van der Waals surface area contributed by atoms with Crippen LogP contribution in [0.2, 0.25) is 5.02 Å². The number of carbonyl (C=O) groups is 2. The lowest BCUT2D eigenvalue weighted by molar-refractivity contribution is 0.0655. The van der Waals surface area contributed by atoms with Gasteiger partial charge >= 0.3 is 0 Å². The van der Waals surface area contributed by atoms with Crippen molar-refractivity contribution in [3.63, 3.8) is 0 Å². The van der Waals surface area contributed by atoms with Gasteiger partial charge < -0.3 is 10.3 Å². The fraction of sp³-hybridized carbons (Fsp3) is 0.0870. The van der Waals surface area contributed by atoms with Crippen LogP contribution in [-0.2, 0) is 6.42 Å². The smallest absolute Gasteiger partial charge is 0.261 e. The van der Waals surface area contributed by atoms with Gasteiger partial charge in [0.1, 0.15) is 5.82 Å². The number of nitrogens with zero attached hydrogens (tertiary/aromatic N) is 4. The van der Waals surface area contributed by atoms with Gasteiger partial charge in [-0.05, 0) is 36.4 Å². The van der Waals surface area contributed by atoms with Crippen molar-refractivity contribution in [3.8, 4) is 11.4 Å². The van der Waals surface area contributed by atoms with E-state index >= 15 is 0 Å². The Morgan fingerprint density at radius 3 is 2.50 bits per heavy atom. The number of hydrogen-bond donors (Lipinski definition) is 2. The maximum atomic E-state index is 12.5. The second-order valence-electron chi connectivity index (χ2n) is 7.20. The number of hydrogen-bond acceptors (Lipinski definition) is 6. The third-order valence-electron chi connectivity index (χ3n) is 5.09. The van der Waals surface area contributed by atoms with Crippen LogP contribution in [0, 0.1) is 0 Å². The number of aromatic nitrogens is 4. The third kappa shape index (κ3) is 3.83. The number of H-pyrrole nitrogens is 1. The average Bonchev–Trinajstić information content (AvgIpc) is 3.36. The van der Waals surface area contributed by atoms with Gasteiger partial charge in [0.15, 0.2) is 0 Å². The van der Waals surface area contributed by atoms with Gasteiger partial charge in [0.25, 0.3) is 11.8 Å². The SMILES string of the molecule is O=C1c2ccccc2C(=O)N1CCc1ncc(-c2ccnc(Nc3cccc(Cl)c3)n2)[nH]1. The van der Waals surface area contributed by atoms with Gasteiger partial charge in [-0.2, -0.15) is 0 Å². The minimum atomic E-state index is -0.273. The van der Waals surface area contributed by atoms with E-state index in [1.54, 1.807) is 54.9 Å². The molecule has 1 aliphatic rings. The molecule has 0 bridgehead atoms. The van der Waals surface area contributed by atoms with E-state index in [0.29, 0.717) is 45.7 Å². The number of anilines is 2. The summed E-state index contributed by atoms with van der Waals surface area (Å²) in [5.74, 6) is 0.529. The van der Waals surface area contributed by atoms with E-state index in [2.05, 4.69) is 25.3 Å². The molecule has 0 spiro atoms. The topological polar surface area (TPSA) is 104 Å².